The topological polar surface area (TPSA) is 104 Å². The smallest absolute Gasteiger partial charge is 0.360 e. The number of carbonyl (C=O) groups is 5. The van der Waals surface area contributed by atoms with Gasteiger partial charge in [0, 0.05) is 0 Å². The number of carbonyl (C=O) groups excluding carboxylic acids is 5. The molecule has 16 heavy (non-hydrogen) atoms. The van der Waals surface area contributed by atoms with Crippen molar-refractivity contribution in [2.45, 2.75) is 26.7 Å². The summed E-state index contributed by atoms with van der Waals surface area (Å²) in [6.45, 7) is 2.26. The van der Waals surface area contributed by atoms with Crippen LogP contribution < -0.4 is 0 Å². The van der Waals surface area contributed by atoms with Crippen molar-refractivity contribution in [3.05, 3.63) is 0 Å². The molecule has 0 bridgehead atoms. The van der Waals surface area contributed by atoms with Crippen molar-refractivity contribution in [1.82, 2.24) is 0 Å². The highest BCUT2D eigenvalue weighted by atomic mass is 16.8. The third-order valence-electron chi connectivity index (χ3n) is 1.18. The molecule has 0 aliphatic heterocycles. The van der Waals surface area contributed by atoms with Crippen molar-refractivity contribution in [3.63, 3.8) is 0 Å². The summed E-state index contributed by atoms with van der Waals surface area (Å²) in [4.78, 5) is 53.1. The predicted molar refractivity (Wildman–Crippen MR) is 48.2 cm³/mol. The summed E-state index contributed by atoms with van der Waals surface area (Å²) in [6.07, 6.45) is -2.72. The molecular formula is C9H10O7. The summed E-state index contributed by atoms with van der Waals surface area (Å²) < 4.78 is 7.92. The monoisotopic (exact) mass is 230 g/mol. The average Bonchev–Trinajstić information content (AvgIpc) is 1.97. The van der Waals surface area contributed by atoms with Crippen LogP contribution in [0.5, 0.6) is 0 Å². The first-order chi connectivity index (χ1) is 7.31. The van der Waals surface area contributed by atoms with Gasteiger partial charge in [-0.05, 0) is 13.8 Å². The van der Waals surface area contributed by atoms with Crippen LogP contribution in [0.2, 0.25) is 0 Å². The van der Waals surface area contributed by atoms with Crippen LogP contribution in [0.1, 0.15) is 26.7 Å². The van der Waals surface area contributed by atoms with Gasteiger partial charge in [-0.25, -0.2) is 4.79 Å². The first kappa shape index (κ1) is 13.9. The summed E-state index contributed by atoms with van der Waals surface area (Å²) >= 11 is 0. The summed E-state index contributed by atoms with van der Waals surface area (Å²) in [6, 6.07) is 0. The zero-order valence-corrected chi connectivity index (χ0v) is 8.77. The molecule has 0 radical (unpaired) electrons. The second-order valence-corrected chi connectivity index (χ2v) is 2.96. The molecule has 7 nitrogen and oxygen atoms in total. The highest BCUT2D eigenvalue weighted by Crippen LogP contribution is 1.95. The number of rotatable bonds is 4. The molecule has 0 fully saturated rings. The molecular weight excluding hydrogens is 220 g/mol. The summed E-state index contributed by atoms with van der Waals surface area (Å²) in [5.41, 5.74) is 0. The van der Waals surface area contributed by atoms with Gasteiger partial charge in [0.2, 0.25) is 0 Å². The summed E-state index contributed by atoms with van der Waals surface area (Å²) in [7, 11) is 0. The highest BCUT2D eigenvalue weighted by Gasteiger charge is 2.18. The minimum atomic E-state index is -1.54. The molecule has 7 heteroatoms. The number of hydrogen-bond donors (Lipinski definition) is 0. The molecule has 0 atom stereocenters. The molecule has 0 aromatic heterocycles. The lowest BCUT2D eigenvalue weighted by Gasteiger charge is -2.01. The maximum absolute atomic E-state index is 10.7. The highest BCUT2D eigenvalue weighted by molar-refractivity contribution is 6.00. The van der Waals surface area contributed by atoms with E-state index < -0.39 is 42.5 Å². The number of esters is 2. The third-order valence-corrected chi connectivity index (χ3v) is 1.18. The molecule has 0 saturated carbocycles. The molecule has 0 amide bonds. The van der Waals surface area contributed by atoms with Gasteiger partial charge in [0.1, 0.15) is 24.4 Å². The van der Waals surface area contributed by atoms with Crippen molar-refractivity contribution in [2.24, 2.45) is 0 Å². The fourth-order valence-electron chi connectivity index (χ4n) is 0.685. The van der Waals surface area contributed by atoms with Gasteiger partial charge in [0.05, 0.1) is 0 Å². The molecule has 0 spiro atoms. The van der Waals surface area contributed by atoms with Crippen molar-refractivity contribution in [3.8, 4) is 0 Å². The zero-order valence-electron chi connectivity index (χ0n) is 8.77. The molecule has 0 aromatic rings. The van der Waals surface area contributed by atoms with E-state index >= 15 is 0 Å². The molecule has 0 aromatic carbocycles. The van der Waals surface area contributed by atoms with Crippen molar-refractivity contribution in [2.75, 3.05) is 0 Å². The Hall–Kier alpha value is -2.05. The van der Waals surface area contributed by atoms with Gasteiger partial charge in [-0.2, -0.15) is 0 Å². The normalized spacial score (nSPS) is 9.12. The van der Waals surface area contributed by atoms with Crippen LogP contribution in [0.4, 0.5) is 4.79 Å². The van der Waals surface area contributed by atoms with E-state index in [9.17, 15) is 24.0 Å². The van der Waals surface area contributed by atoms with Crippen LogP contribution in [-0.4, -0.2) is 29.7 Å². The minimum absolute atomic E-state index is 0.493. The van der Waals surface area contributed by atoms with Crippen LogP contribution >= 0.6 is 0 Å². The molecule has 0 saturated heterocycles. The van der Waals surface area contributed by atoms with Gasteiger partial charge in [0.25, 0.3) is 0 Å². The van der Waals surface area contributed by atoms with Crippen molar-refractivity contribution < 1.29 is 33.4 Å². The van der Waals surface area contributed by atoms with Crippen LogP contribution in [0, 0.1) is 0 Å². The van der Waals surface area contributed by atoms with Crippen LogP contribution in [-0.2, 0) is 28.7 Å². The Labute approximate surface area is 90.7 Å². The van der Waals surface area contributed by atoms with Gasteiger partial charge < -0.3 is 9.47 Å². The molecule has 0 aliphatic rings. The van der Waals surface area contributed by atoms with Crippen LogP contribution in [0.3, 0.4) is 0 Å². The second-order valence-electron chi connectivity index (χ2n) is 2.96. The molecule has 0 unspecified atom stereocenters. The van der Waals surface area contributed by atoms with E-state index in [1.165, 1.54) is 0 Å². The molecule has 0 heterocycles. The number of hydrogen-bond acceptors (Lipinski definition) is 7. The lowest BCUT2D eigenvalue weighted by molar-refractivity contribution is -0.147. The summed E-state index contributed by atoms with van der Waals surface area (Å²) in [5, 5.41) is 0. The largest absolute Gasteiger partial charge is 0.524 e. The lowest BCUT2D eigenvalue weighted by atomic mass is 10.3. The average molecular weight is 230 g/mol. The zero-order chi connectivity index (χ0) is 12.7. The van der Waals surface area contributed by atoms with E-state index in [-0.39, 0.29) is 0 Å². The van der Waals surface area contributed by atoms with Crippen molar-refractivity contribution >= 4 is 29.7 Å². The first-order valence-corrected chi connectivity index (χ1v) is 4.25. The standard InChI is InChI=1S/C9H10O7/c1-5(10)3-7(12)15-9(14)16-8(13)4-6(2)11/h3-4H2,1-2H3. The van der Waals surface area contributed by atoms with Gasteiger partial charge >= 0.3 is 18.1 Å². The lowest BCUT2D eigenvalue weighted by Crippen LogP contribution is -2.20. The van der Waals surface area contributed by atoms with E-state index in [0.29, 0.717) is 0 Å². The quantitative estimate of drug-likeness (QED) is 0.500. The Kier molecular flexibility index (Phi) is 5.61. The van der Waals surface area contributed by atoms with Crippen LogP contribution in [0.25, 0.3) is 0 Å². The maximum atomic E-state index is 10.7. The third kappa shape index (κ3) is 7.36. The first-order valence-electron chi connectivity index (χ1n) is 4.25. The molecule has 0 rings (SSSR count). The predicted octanol–water partition coefficient (Wildman–Crippen LogP) is 0.151. The van der Waals surface area contributed by atoms with E-state index in [1.807, 2.05) is 0 Å². The Balaban J connectivity index is 3.99. The van der Waals surface area contributed by atoms with E-state index in [4.69, 9.17) is 0 Å². The van der Waals surface area contributed by atoms with E-state index in [1.54, 1.807) is 0 Å². The minimum Gasteiger partial charge on any atom is -0.360 e. The Morgan fingerprint density at radius 2 is 1.06 bits per heavy atom. The summed E-state index contributed by atoms with van der Waals surface area (Å²) in [5.74, 6) is -3.22. The number of ether oxygens (including phenoxy) is 2. The second kappa shape index (κ2) is 6.44. The molecule has 0 aliphatic carbocycles. The van der Waals surface area contributed by atoms with Gasteiger partial charge in [0.15, 0.2) is 0 Å². The SMILES string of the molecule is CC(=O)CC(=O)OC(=O)OC(=O)CC(C)=O. The Morgan fingerprint density at radius 3 is 1.31 bits per heavy atom. The fraction of sp³-hybridized carbons (Fsp3) is 0.444. The van der Waals surface area contributed by atoms with Crippen molar-refractivity contribution in [1.29, 1.82) is 0 Å². The fourth-order valence-corrected chi connectivity index (χ4v) is 0.685. The maximum Gasteiger partial charge on any atom is 0.524 e. The van der Waals surface area contributed by atoms with Gasteiger partial charge in [-0.1, -0.05) is 0 Å². The van der Waals surface area contributed by atoms with E-state index in [2.05, 4.69) is 9.47 Å². The molecule has 88 valence electrons. The van der Waals surface area contributed by atoms with Gasteiger partial charge in [-0.15, -0.1) is 0 Å². The Morgan fingerprint density at radius 1 is 0.750 bits per heavy atom. The van der Waals surface area contributed by atoms with E-state index in [0.717, 1.165) is 13.8 Å². The van der Waals surface area contributed by atoms with Crippen LogP contribution in [0.15, 0.2) is 0 Å². The molecule has 0 N–H and O–H groups in total. The number of ketones is 2. The number of Topliss-reactive ketones (excluding diaryl/α,β-unsaturated/α-hetero) is 2. The Bertz CT molecular complexity index is 310. The van der Waals surface area contributed by atoms with Gasteiger partial charge in [-0.3, -0.25) is 19.2 Å².